The van der Waals surface area contributed by atoms with Gasteiger partial charge >= 0.3 is 0 Å². The molecule has 2 unspecified atom stereocenters. The first-order valence-electron chi connectivity index (χ1n) is 5.22. The van der Waals surface area contributed by atoms with Crippen molar-refractivity contribution in [1.82, 2.24) is 4.90 Å². The van der Waals surface area contributed by atoms with Gasteiger partial charge in [-0.1, -0.05) is 0 Å². The summed E-state index contributed by atoms with van der Waals surface area (Å²) in [6.45, 7) is 4.19. The van der Waals surface area contributed by atoms with Crippen LogP contribution in [0, 0.1) is 0 Å². The Morgan fingerprint density at radius 3 is 2.27 bits per heavy atom. The molecule has 0 spiro atoms. The van der Waals surface area contributed by atoms with Gasteiger partial charge in [0.2, 0.25) is 5.91 Å². The van der Waals surface area contributed by atoms with Crippen LogP contribution in [0.4, 0.5) is 0 Å². The third-order valence-corrected chi connectivity index (χ3v) is 2.59. The number of likely N-dealkylation sites (tertiary alicyclic amines) is 1. The lowest BCUT2D eigenvalue weighted by molar-refractivity contribution is -0.131. The Balaban J connectivity index is 2.36. The quantitative estimate of drug-likeness (QED) is 0.568. The van der Waals surface area contributed by atoms with E-state index in [2.05, 4.69) is 0 Å². The highest BCUT2D eigenvalue weighted by molar-refractivity contribution is 5.76. The third kappa shape index (κ3) is 3.77. The van der Waals surface area contributed by atoms with E-state index in [4.69, 9.17) is 5.73 Å². The third-order valence-electron chi connectivity index (χ3n) is 2.59. The molecule has 4 N–H and O–H groups in total. The van der Waals surface area contributed by atoms with E-state index < -0.39 is 12.2 Å². The van der Waals surface area contributed by atoms with Gasteiger partial charge in [0, 0.05) is 25.0 Å². The summed E-state index contributed by atoms with van der Waals surface area (Å²) in [6.07, 6.45) is -0.642. The fraction of sp³-hybridized carbons (Fsp3) is 0.900. The fourth-order valence-corrected chi connectivity index (χ4v) is 1.56. The molecular weight excluding hydrogens is 196 g/mol. The minimum absolute atomic E-state index is 0.0517. The number of aliphatic hydroxyl groups excluding tert-OH is 2. The van der Waals surface area contributed by atoms with Crippen molar-refractivity contribution in [3.63, 3.8) is 0 Å². The van der Waals surface area contributed by atoms with Crippen molar-refractivity contribution < 1.29 is 15.0 Å². The van der Waals surface area contributed by atoms with E-state index in [9.17, 15) is 15.0 Å². The summed E-state index contributed by atoms with van der Waals surface area (Å²) in [7, 11) is 0. The normalized spacial score (nSPS) is 27.1. The highest BCUT2D eigenvalue weighted by Gasteiger charge is 2.32. The molecule has 0 saturated carbocycles. The molecule has 2 atom stereocenters. The highest BCUT2D eigenvalue weighted by Crippen LogP contribution is 2.14. The number of hydrogen-bond acceptors (Lipinski definition) is 4. The number of amides is 1. The Bertz CT molecular complexity index is 227. The molecule has 1 amide bonds. The Hall–Kier alpha value is -0.650. The van der Waals surface area contributed by atoms with E-state index >= 15 is 0 Å². The largest absolute Gasteiger partial charge is 0.388 e. The first-order valence-corrected chi connectivity index (χ1v) is 5.22. The molecule has 5 nitrogen and oxygen atoms in total. The molecule has 0 aromatic carbocycles. The van der Waals surface area contributed by atoms with Crippen LogP contribution in [-0.4, -0.2) is 51.9 Å². The van der Waals surface area contributed by atoms with Crippen LogP contribution in [0.2, 0.25) is 0 Å². The molecule has 0 bridgehead atoms. The zero-order valence-electron chi connectivity index (χ0n) is 9.31. The van der Waals surface area contributed by atoms with Gasteiger partial charge in [-0.3, -0.25) is 4.79 Å². The summed E-state index contributed by atoms with van der Waals surface area (Å²) < 4.78 is 0. The number of rotatable bonds is 3. The van der Waals surface area contributed by atoms with Crippen LogP contribution in [0.5, 0.6) is 0 Å². The predicted molar refractivity (Wildman–Crippen MR) is 56.1 cm³/mol. The molecule has 15 heavy (non-hydrogen) atoms. The summed E-state index contributed by atoms with van der Waals surface area (Å²) in [4.78, 5) is 13.1. The number of carbonyl (C=O) groups excluding carboxylic acids is 1. The Morgan fingerprint density at radius 2 is 1.87 bits per heavy atom. The minimum atomic E-state index is -0.806. The molecule has 1 fully saturated rings. The number of nitrogens with two attached hydrogens (primary N) is 1. The summed E-state index contributed by atoms with van der Waals surface area (Å²) in [5.74, 6) is -0.0517. The molecule has 1 saturated heterocycles. The van der Waals surface area contributed by atoms with E-state index in [0.717, 1.165) is 0 Å². The number of carbonyl (C=O) groups is 1. The van der Waals surface area contributed by atoms with Gasteiger partial charge < -0.3 is 20.8 Å². The van der Waals surface area contributed by atoms with Crippen molar-refractivity contribution >= 4 is 5.91 Å². The Morgan fingerprint density at radius 1 is 1.40 bits per heavy atom. The predicted octanol–water partition coefficient (Wildman–Crippen LogP) is -0.932. The zero-order chi connectivity index (χ0) is 11.6. The van der Waals surface area contributed by atoms with Gasteiger partial charge in [-0.05, 0) is 20.3 Å². The van der Waals surface area contributed by atoms with E-state index in [1.165, 1.54) is 4.90 Å². The topological polar surface area (TPSA) is 86.8 Å². The van der Waals surface area contributed by atoms with Crippen LogP contribution in [0.3, 0.4) is 0 Å². The van der Waals surface area contributed by atoms with Crippen molar-refractivity contribution in [3.05, 3.63) is 0 Å². The molecule has 0 aromatic heterocycles. The molecule has 0 aromatic rings. The first-order chi connectivity index (χ1) is 6.79. The monoisotopic (exact) mass is 216 g/mol. The van der Waals surface area contributed by atoms with Gasteiger partial charge in [0.15, 0.2) is 0 Å². The molecule has 1 aliphatic heterocycles. The summed E-state index contributed by atoms with van der Waals surface area (Å²) in [5, 5.41) is 18.6. The number of hydrogen-bond donors (Lipinski definition) is 3. The average molecular weight is 216 g/mol. The molecule has 0 radical (unpaired) electrons. The lowest BCUT2D eigenvalue weighted by Crippen LogP contribution is -2.36. The summed E-state index contributed by atoms with van der Waals surface area (Å²) in [5.41, 5.74) is 5.41. The molecule has 1 rings (SSSR count). The van der Waals surface area contributed by atoms with E-state index in [-0.39, 0.29) is 24.5 Å². The Labute approximate surface area is 89.9 Å². The van der Waals surface area contributed by atoms with Gasteiger partial charge in [0.05, 0.1) is 12.2 Å². The van der Waals surface area contributed by atoms with Crippen molar-refractivity contribution in [2.75, 3.05) is 13.1 Å². The Kier molecular flexibility index (Phi) is 3.70. The molecule has 1 aliphatic rings. The molecule has 0 aliphatic carbocycles. The van der Waals surface area contributed by atoms with Gasteiger partial charge in [0.1, 0.15) is 0 Å². The van der Waals surface area contributed by atoms with Crippen LogP contribution in [0.15, 0.2) is 0 Å². The smallest absolute Gasteiger partial charge is 0.222 e. The molecular formula is C10H20N2O3. The number of aliphatic hydroxyl groups is 2. The maximum Gasteiger partial charge on any atom is 0.222 e. The van der Waals surface area contributed by atoms with E-state index in [0.29, 0.717) is 12.8 Å². The first kappa shape index (κ1) is 12.4. The van der Waals surface area contributed by atoms with E-state index in [1.54, 1.807) is 0 Å². The molecule has 88 valence electrons. The van der Waals surface area contributed by atoms with Gasteiger partial charge in [-0.15, -0.1) is 0 Å². The summed E-state index contributed by atoms with van der Waals surface area (Å²) >= 11 is 0. The van der Waals surface area contributed by atoms with Crippen LogP contribution in [0.25, 0.3) is 0 Å². The van der Waals surface area contributed by atoms with Crippen molar-refractivity contribution in [2.45, 2.75) is 44.4 Å². The second-order valence-corrected chi connectivity index (χ2v) is 4.92. The van der Waals surface area contributed by atoms with E-state index in [1.807, 2.05) is 13.8 Å². The fourth-order valence-electron chi connectivity index (χ4n) is 1.56. The number of nitrogens with zero attached hydrogens (tertiary/aromatic N) is 1. The standard InChI is InChI=1S/C10H20N2O3/c1-10(2,11)4-3-9(15)12-5-7(13)8(14)6-12/h7-8,13-14H,3-6,11H2,1-2H3. The summed E-state index contributed by atoms with van der Waals surface area (Å²) in [6, 6.07) is 0. The molecule has 1 heterocycles. The second kappa shape index (κ2) is 4.47. The lowest BCUT2D eigenvalue weighted by Gasteiger charge is -2.20. The SMILES string of the molecule is CC(C)(N)CCC(=O)N1CC(O)C(O)C1. The van der Waals surface area contributed by atoms with Crippen molar-refractivity contribution in [1.29, 1.82) is 0 Å². The highest BCUT2D eigenvalue weighted by atomic mass is 16.3. The van der Waals surface area contributed by atoms with Gasteiger partial charge in [-0.2, -0.15) is 0 Å². The van der Waals surface area contributed by atoms with Crippen LogP contribution < -0.4 is 5.73 Å². The lowest BCUT2D eigenvalue weighted by atomic mass is 10.00. The maximum absolute atomic E-state index is 11.6. The van der Waals surface area contributed by atoms with Crippen LogP contribution in [-0.2, 0) is 4.79 Å². The van der Waals surface area contributed by atoms with Gasteiger partial charge in [-0.25, -0.2) is 0 Å². The zero-order valence-corrected chi connectivity index (χ0v) is 9.31. The van der Waals surface area contributed by atoms with Crippen molar-refractivity contribution in [3.8, 4) is 0 Å². The maximum atomic E-state index is 11.6. The molecule has 5 heteroatoms. The van der Waals surface area contributed by atoms with Crippen LogP contribution >= 0.6 is 0 Å². The van der Waals surface area contributed by atoms with Crippen molar-refractivity contribution in [2.24, 2.45) is 5.73 Å². The average Bonchev–Trinajstić information content (AvgIpc) is 2.42. The van der Waals surface area contributed by atoms with Gasteiger partial charge in [0.25, 0.3) is 0 Å². The second-order valence-electron chi connectivity index (χ2n) is 4.92. The van der Waals surface area contributed by atoms with Crippen LogP contribution in [0.1, 0.15) is 26.7 Å². The number of β-amino-alcohol motifs (C(OH)–C–C–N with tert-alkyl or cyclic N) is 2. The minimum Gasteiger partial charge on any atom is -0.388 e.